The topological polar surface area (TPSA) is 12.0 Å². The molecule has 0 bridgehead atoms. The molecule has 0 fully saturated rings. The molecule has 0 aromatic rings. The maximum Gasteiger partial charge on any atom is 0.461 e. The van der Waals surface area contributed by atoms with E-state index < -0.39 is 49.6 Å². The summed E-state index contributed by atoms with van der Waals surface area (Å²) in [7, 11) is 0. The zero-order valence-electron chi connectivity index (χ0n) is 9.98. The highest BCUT2D eigenvalue weighted by molar-refractivity contribution is 4.89. The maximum atomic E-state index is 12.7. The minimum Gasteiger partial charge on any atom is -0.253 e. The Labute approximate surface area is 107 Å². The molecule has 0 aliphatic heterocycles. The first-order chi connectivity index (χ1) is 8.63. The van der Waals surface area contributed by atoms with Gasteiger partial charge in [0.2, 0.25) is 0 Å². The average Bonchev–Trinajstić information content (AvgIpc) is 2.20. The summed E-state index contributed by atoms with van der Waals surface area (Å²) in [4.78, 5) is 0. The van der Waals surface area contributed by atoms with Gasteiger partial charge in [-0.15, -0.1) is 0 Å². The second-order valence-corrected chi connectivity index (χ2v) is 4.16. The van der Waals surface area contributed by atoms with E-state index in [1.54, 1.807) is 0 Å². The quantitative estimate of drug-likeness (QED) is 0.435. The maximum absolute atomic E-state index is 12.7. The van der Waals surface area contributed by atoms with Crippen molar-refractivity contribution in [3.63, 3.8) is 0 Å². The van der Waals surface area contributed by atoms with Crippen LogP contribution in [-0.2, 0) is 0 Å². The molecule has 0 saturated heterocycles. The van der Waals surface area contributed by atoms with Crippen LogP contribution in [0.5, 0.6) is 0 Å². The highest BCUT2D eigenvalue weighted by Crippen LogP contribution is 2.45. The van der Waals surface area contributed by atoms with Gasteiger partial charge in [-0.25, -0.2) is 0 Å². The Hall–Kier alpha value is -0.740. The monoisotopic (exact) mass is 323 g/mol. The smallest absolute Gasteiger partial charge is 0.253 e. The minimum atomic E-state index is -6.47. The first-order valence-corrected chi connectivity index (χ1v) is 5.27. The van der Waals surface area contributed by atoms with Crippen molar-refractivity contribution in [1.29, 1.82) is 0 Å². The third-order valence-electron chi connectivity index (χ3n) is 2.47. The molecule has 11 heteroatoms. The van der Waals surface area contributed by atoms with Crippen molar-refractivity contribution in [3.8, 4) is 0 Å². The first kappa shape index (κ1) is 19.3. The Morgan fingerprint density at radius 3 is 1.65 bits per heavy atom. The van der Waals surface area contributed by atoms with Crippen LogP contribution >= 0.6 is 0 Å². The van der Waals surface area contributed by atoms with Crippen molar-refractivity contribution in [2.45, 2.75) is 44.1 Å². The van der Waals surface area contributed by atoms with E-state index in [1.165, 1.54) is 0 Å². The second-order valence-electron chi connectivity index (χ2n) is 4.16. The third kappa shape index (κ3) is 4.67. The molecule has 1 atom stereocenters. The Morgan fingerprint density at radius 2 is 1.30 bits per heavy atom. The third-order valence-corrected chi connectivity index (χ3v) is 2.47. The van der Waals surface area contributed by atoms with Crippen LogP contribution in [0.25, 0.3) is 0 Å². The summed E-state index contributed by atoms with van der Waals surface area (Å²) >= 11 is 0. The molecule has 0 aromatic carbocycles. The van der Waals surface area contributed by atoms with Crippen molar-refractivity contribution in [2.24, 2.45) is 5.92 Å². The van der Waals surface area contributed by atoms with E-state index in [-0.39, 0.29) is 0 Å². The molecule has 0 aliphatic rings. The Balaban J connectivity index is 4.39. The highest BCUT2D eigenvalue weighted by atomic mass is 19.4. The van der Waals surface area contributed by atoms with Gasteiger partial charge < -0.3 is 0 Å². The molecule has 1 N–H and O–H groups in total. The van der Waals surface area contributed by atoms with Crippen molar-refractivity contribution in [1.82, 2.24) is 5.32 Å². The number of hydrogen-bond acceptors (Lipinski definition) is 1. The SMILES string of the molecule is CC(CCCNC(F)(F)C(F)(F)C(F)(F)F)C(F)(F)F. The molecule has 0 radical (unpaired) electrons. The summed E-state index contributed by atoms with van der Waals surface area (Å²) < 4.78 is 121. The van der Waals surface area contributed by atoms with Gasteiger partial charge in [0.1, 0.15) is 0 Å². The van der Waals surface area contributed by atoms with Gasteiger partial charge in [-0.05, 0) is 12.8 Å². The van der Waals surface area contributed by atoms with Crippen LogP contribution in [0.1, 0.15) is 19.8 Å². The summed E-state index contributed by atoms with van der Waals surface area (Å²) in [6.07, 6.45) is -12.4. The average molecular weight is 323 g/mol. The van der Waals surface area contributed by atoms with Gasteiger partial charge in [-0.1, -0.05) is 6.92 Å². The van der Waals surface area contributed by atoms with Crippen LogP contribution in [0, 0.1) is 5.92 Å². The molecule has 1 nitrogen and oxygen atoms in total. The standard InChI is InChI=1S/C9H11F10N/c1-5(6(10,11)12)3-2-4-20-9(18,19)7(13,14)8(15,16)17/h5,20H,2-4H2,1H3. The van der Waals surface area contributed by atoms with E-state index >= 15 is 0 Å². The van der Waals surface area contributed by atoms with E-state index in [4.69, 9.17) is 0 Å². The predicted molar refractivity (Wildman–Crippen MR) is 48.4 cm³/mol. The molecular weight excluding hydrogens is 312 g/mol. The fourth-order valence-corrected chi connectivity index (χ4v) is 1.11. The van der Waals surface area contributed by atoms with E-state index in [9.17, 15) is 43.9 Å². The normalized spacial score (nSPS) is 16.4. The van der Waals surface area contributed by atoms with Crippen molar-refractivity contribution >= 4 is 0 Å². The lowest BCUT2D eigenvalue weighted by Crippen LogP contribution is -2.59. The van der Waals surface area contributed by atoms with E-state index in [0.717, 1.165) is 6.92 Å². The Morgan fingerprint density at radius 1 is 0.850 bits per heavy atom. The number of nitrogens with one attached hydrogen (secondary N) is 1. The van der Waals surface area contributed by atoms with E-state index in [0.29, 0.717) is 5.32 Å². The van der Waals surface area contributed by atoms with Crippen LogP contribution in [0.3, 0.4) is 0 Å². The molecule has 0 aliphatic carbocycles. The Kier molecular flexibility index (Phi) is 5.72. The summed E-state index contributed by atoms with van der Waals surface area (Å²) in [5.74, 6) is -8.18. The zero-order valence-corrected chi connectivity index (χ0v) is 9.98. The summed E-state index contributed by atoms with van der Waals surface area (Å²) in [6, 6.07) is -5.59. The minimum absolute atomic E-state index is 0.635. The molecule has 0 aromatic heterocycles. The van der Waals surface area contributed by atoms with Gasteiger partial charge in [0.25, 0.3) is 0 Å². The second kappa shape index (κ2) is 5.94. The lowest BCUT2D eigenvalue weighted by atomic mass is 10.1. The van der Waals surface area contributed by atoms with Crippen molar-refractivity contribution < 1.29 is 43.9 Å². The van der Waals surface area contributed by atoms with Gasteiger partial charge in [-0.2, -0.15) is 43.9 Å². The molecule has 122 valence electrons. The van der Waals surface area contributed by atoms with Gasteiger partial charge in [0.05, 0.1) is 5.92 Å². The lowest BCUT2D eigenvalue weighted by molar-refractivity contribution is -0.361. The van der Waals surface area contributed by atoms with E-state index in [2.05, 4.69) is 0 Å². The summed E-state index contributed by atoms with van der Waals surface area (Å²) in [6.45, 7) is -0.373. The van der Waals surface area contributed by atoms with Crippen LogP contribution in [-0.4, -0.2) is 30.9 Å². The zero-order chi connectivity index (χ0) is 16.4. The van der Waals surface area contributed by atoms with Gasteiger partial charge >= 0.3 is 24.3 Å². The van der Waals surface area contributed by atoms with Gasteiger partial charge in [0.15, 0.2) is 0 Å². The first-order valence-electron chi connectivity index (χ1n) is 5.27. The van der Waals surface area contributed by atoms with Gasteiger partial charge in [0, 0.05) is 6.54 Å². The molecule has 0 amide bonds. The fourth-order valence-electron chi connectivity index (χ4n) is 1.11. The molecule has 20 heavy (non-hydrogen) atoms. The van der Waals surface area contributed by atoms with Crippen molar-refractivity contribution in [3.05, 3.63) is 0 Å². The predicted octanol–water partition coefficient (Wildman–Crippen LogP) is 4.35. The number of rotatable bonds is 6. The number of alkyl halides is 10. The van der Waals surface area contributed by atoms with Crippen LogP contribution < -0.4 is 5.32 Å². The van der Waals surface area contributed by atoms with E-state index in [1.807, 2.05) is 0 Å². The fraction of sp³-hybridized carbons (Fsp3) is 1.00. The largest absolute Gasteiger partial charge is 0.461 e. The highest BCUT2D eigenvalue weighted by Gasteiger charge is 2.73. The number of hydrogen-bond donors (Lipinski definition) is 1. The molecule has 0 heterocycles. The van der Waals surface area contributed by atoms with Gasteiger partial charge in [-0.3, -0.25) is 5.32 Å². The molecule has 0 saturated carbocycles. The lowest BCUT2D eigenvalue weighted by Gasteiger charge is -2.28. The Bertz CT molecular complexity index is 305. The number of halogens is 10. The van der Waals surface area contributed by atoms with Crippen molar-refractivity contribution in [2.75, 3.05) is 6.54 Å². The molecule has 1 unspecified atom stereocenters. The van der Waals surface area contributed by atoms with Crippen LogP contribution in [0.2, 0.25) is 0 Å². The van der Waals surface area contributed by atoms with Crippen LogP contribution in [0.4, 0.5) is 43.9 Å². The molecular formula is C9H11F10N. The van der Waals surface area contributed by atoms with Crippen LogP contribution in [0.15, 0.2) is 0 Å². The summed E-state index contributed by atoms with van der Waals surface area (Å²) in [5, 5.41) is 0.642. The summed E-state index contributed by atoms with van der Waals surface area (Å²) in [5.41, 5.74) is 0. The molecule has 0 rings (SSSR count). The molecule has 0 spiro atoms.